The fraction of sp³-hybridized carbons (Fsp3) is 0.333. The summed E-state index contributed by atoms with van der Waals surface area (Å²) in [4.78, 5) is 29.4. The number of aromatic nitrogens is 3. The van der Waals surface area contributed by atoms with Crippen molar-refractivity contribution in [2.75, 3.05) is 19.8 Å². The highest BCUT2D eigenvalue weighted by atomic mass is 32.1. The highest BCUT2D eigenvalue weighted by Crippen LogP contribution is 2.34. The highest BCUT2D eigenvalue weighted by molar-refractivity contribution is 7.14. The lowest BCUT2D eigenvalue weighted by Crippen LogP contribution is -2.53. The van der Waals surface area contributed by atoms with Gasteiger partial charge in [-0.1, -0.05) is 47.7 Å². The fourth-order valence-electron chi connectivity index (χ4n) is 4.99. The molecule has 0 saturated carbocycles. The number of amides is 1. The Hall–Kier alpha value is -3.96. The molecule has 3 heterocycles. The zero-order chi connectivity index (χ0) is 29.1. The van der Waals surface area contributed by atoms with Gasteiger partial charge in [0.1, 0.15) is 23.2 Å². The molecule has 1 amide bonds. The molecule has 0 unspecified atom stereocenters. The number of likely N-dealkylation sites (N-methyl/N-ethyl adjacent to an activating group) is 1. The van der Waals surface area contributed by atoms with Crippen molar-refractivity contribution >= 4 is 17.2 Å². The number of fused-ring (bicyclic) bond motifs is 1. The summed E-state index contributed by atoms with van der Waals surface area (Å²) in [6, 6.07) is 12.2. The molecule has 0 fully saturated rings. The number of benzene rings is 2. The highest BCUT2D eigenvalue weighted by Gasteiger charge is 2.40. The maximum atomic E-state index is 14.3. The van der Waals surface area contributed by atoms with E-state index in [0.29, 0.717) is 29.8 Å². The van der Waals surface area contributed by atoms with Crippen LogP contribution in [0.4, 0.5) is 8.78 Å². The van der Waals surface area contributed by atoms with E-state index in [-0.39, 0.29) is 53.6 Å². The Bertz CT molecular complexity index is 1610. The van der Waals surface area contributed by atoms with Gasteiger partial charge >= 0.3 is 0 Å². The number of ether oxygens (including phenoxy) is 2. The van der Waals surface area contributed by atoms with Crippen LogP contribution in [0.2, 0.25) is 0 Å². The Kier molecular flexibility index (Phi) is 8.55. The van der Waals surface area contributed by atoms with Crippen LogP contribution in [0.5, 0.6) is 5.75 Å². The van der Waals surface area contributed by atoms with Gasteiger partial charge in [-0.05, 0) is 38.0 Å². The van der Waals surface area contributed by atoms with Crippen LogP contribution in [0.15, 0.2) is 59.5 Å². The largest absolute Gasteiger partial charge is 0.483 e. The van der Waals surface area contributed by atoms with E-state index in [1.807, 2.05) is 51.1 Å². The summed E-state index contributed by atoms with van der Waals surface area (Å²) in [6.07, 6.45) is 1.72. The van der Waals surface area contributed by atoms with Crippen molar-refractivity contribution in [2.45, 2.75) is 45.9 Å². The van der Waals surface area contributed by atoms with Crippen molar-refractivity contribution in [3.8, 4) is 16.3 Å². The molecule has 1 aliphatic rings. The third-order valence-corrected chi connectivity index (χ3v) is 8.12. The minimum atomic E-state index is -0.680. The Morgan fingerprint density at radius 3 is 2.54 bits per heavy atom. The number of hydrogen-bond acceptors (Lipinski definition) is 7. The zero-order valence-corrected chi connectivity index (χ0v) is 23.8. The quantitative estimate of drug-likeness (QED) is 0.255. The predicted octanol–water partition coefficient (Wildman–Crippen LogP) is 5.26. The van der Waals surface area contributed by atoms with E-state index in [9.17, 15) is 18.4 Å². The van der Waals surface area contributed by atoms with E-state index in [4.69, 9.17) is 9.47 Å². The second-order valence-corrected chi connectivity index (χ2v) is 10.8. The van der Waals surface area contributed by atoms with Gasteiger partial charge in [-0.2, -0.15) is 0 Å². The number of carbonyl (C=O) groups excluding carboxylic acids is 1. The molecule has 5 rings (SSSR count). The van der Waals surface area contributed by atoms with Crippen LogP contribution in [0.1, 0.15) is 53.4 Å². The Morgan fingerprint density at radius 2 is 1.83 bits per heavy atom. The van der Waals surface area contributed by atoms with Gasteiger partial charge < -0.3 is 18.9 Å². The third kappa shape index (κ3) is 5.77. The van der Waals surface area contributed by atoms with Crippen LogP contribution in [0, 0.1) is 11.6 Å². The molecule has 0 saturated heterocycles. The standard InChI is InChI=1S/C30H30F2N4O4S/c1-4-35-24(17-39-5-2)18(3)36-15-22(29-34-33-25(41-29)13-20-11-12-21(31)14-23(20)32)27(37)28(26(36)30(35)38)40-16-19-9-7-6-8-10-19/h6-12,14-15,18,24H,4-5,13,16-17H2,1-3H3/t18-,24+/m1/s1. The molecule has 0 bridgehead atoms. The van der Waals surface area contributed by atoms with Crippen LogP contribution in [-0.2, 0) is 17.8 Å². The van der Waals surface area contributed by atoms with Gasteiger partial charge in [0.15, 0.2) is 16.5 Å². The number of nitrogens with zero attached hydrogens (tertiary/aromatic N) is 4. The third-order valence-electron chi connectivity index (χ3n) is 7.17. The first kappa shape index (κ1) is 28.6. The Balaban J connectivity index is 1.59. The molecule has 1 aliphatic heterocycles. The summed E-state index contributed by atoms with van der Waals surface area (Å²) in [6.45, 7) is 7.14. The van der Waals surface area contributed by atoms with Crippen LogP contribution in [-0.4, -0.2) is 51.4 Å². The first-order chi connectivity index (χ1) is 19.8. The van der Waals surface area contributed by atoms with Gasteiger partial charge in [0.25, 0.3) is 5.91 Å². The maximum Gasteiger partial charge on any atom is 0.274 e. The number of carbonyl (C=O) groups is 1. The molecule has 0 aliphatic carbocycles. The molecular formula is C30H30F2N4O4S. The number of hydrogen-bond donors (Lipinski definition) is 0. The normalized spacial score (nSPS) is 16.6. The average molecular weight is 581 g/mol. The second-order valence-electron chi connectivity index (χ2n) is 9.70. The molecule has 0 radical (unpaired) electrons. The van der Waals surface area contributed by atoms with E-state index in [1.165, 1.54) is 12.1 Å². The van der Waals surface area contributed by atoms with Crippen molar-refractivity contribution in [2.24, 2.45) is 0 Å². The molecular weight excluding hydrogens is 550 g/mol. The predicted molar refractivity (Wildman–Crippen MR) is 151 cm³/mol. The molecule has 11 heteroatoms. The summed E-state index contributed by atoms with van der Waals surface area (Å²) in [7, 11) is 0. The van der Waals surface area contributed by atoms with Crippen molar-refractivity contribution in [3.05, 3.63) is 98.4 Å². The van der Waals surface area contributed by atoms with Gasteiger partial charge in [-0.25, -0.2) is 8.78 Å². The van der Waals surface area contributed by atoms with Crippen LogP contribution in [0.25, 0.3) is 10.6 Å². The van der Waals surface area contributed by atoms with Gasteiger partial charge in [0, 0.05) is 31.8 Å². The maximum absolute atomic E-state index is 14.3. The average Bonchev–Trinajstić information content (AvgIpc) is 3.43. The summed E-state index contributed by atoms with van der Waals surface area (Å²) in [5.41, 5.74) is 1.02. The lowest BCUT2D eigenvalue weighted by Gasteiger charge is -2.42. The smallest absolute Gasteiger partial charge is 0.274 e. The van der Waals surface area contributed by atoms with Gasteiger partial charge in [-0.15, -0.1) is 10.2 Å². The summed E-state index contributed by atoms with van der Waals surface area (Å²) >= 11 is 1.13. The summed E-state index contributed by atoms with van der Waals surface area (Å²) < 4.78 is 41.2. The van der Waals surface area contributed by atoms with Crippen molar-refractivity contribution in [1.29, 1.82) is 0 Å². The molecule has 4 aromatic rings. The number of pyridine rings is 1. The van der Waals surface area contributed by atoms with Crippen LogP contribution >= 0.6 is 11.3 Å². The molecule has 214 valence electrons. The van der Waals surface area contributed by atoms with Crippen molar-refractivity contribution < 1.29 is 23.0 Å². The lowest BCUT2D eigenvalue weighted by atomic mass is 10.0. The number of rotatable bonds is 10. The van der Waals surface area contributed by atoms with Gasteiger partial charge in [0.2, 0.25) is 5.43 Å². The monoisotopic (exact) mass is 580 g/mol. The van der Waals surface area contributed by atoms with E-state index >= 15 is 0 Å². The molecule has 2 atom stereocenters. The minimum Gasteiger partial charge on any atom is -0.483 e. The molecule has 0 N–H and O–H groups in total. The SMILES string of the molecule is CCOC[C@H]1[C@@H](C)n2cc(-c3nnc(Cc4ccc(F)cc4F)s3)c(=O)c(OCc3ccccc3)c2C(=O)N1CC. The summed E-state index contributed by atoms with van der Waals surface area (Å²) in [5.74, 6) is -1.72. The fourth-order valence-corrected chi connectivity index (χ4v) is 5.86. The first-order valence-corrected chi connectivity index (χ1v) is 14.2. The van der Waals surface area contributed by atoms with Crippen LogP contribution < -0.4 is 10.2 Å². The lowest BCUT2D eigenvalue weighted by molar-refractivity contribution is 0.0240. The van der Waals surface area contributed by atoms with E-state index < -0.39 is 17.1 Å². The van der Waals surface area contributed by atoms with Crippen molar-refractivity contribution in [1.82, 2.24) is 19.7 Å². The van der Waals surface area contributed by atoms with Gasteiger partial charge in [-0.3, -0.25) is 9.59 Å². The minimum absolute atomic E-state index is 0.0576. The first-order valence-electron chi connectivity index (χ1n) is 13.4. The summed E-state index contributed by atoms with van der Waals surface area (Å²) in [5, 5.41) is 9.16. The molecule has 2 aromatic heterocycles. The molecule has 2 aromatic carbocycles. The molecule has 41 heavy (non-hydrogen) atoms. The van der Waals surface area contributed by atoms with E-state index in [2.05, 4.69) is 10.2 Å². The Morgan fingerprint density at radius 1 is 1.05 bits per heavy atom. The molecule has 0 spiro atoms. The molecule has 8 nitrogen and oxygen atoms in total. The van der Waals surface area contributed by atoms with Crippen molar-refractivity contribution in [3.63, 3.8) is 0 Å². The van der Waals surface area contributed by atoms with E-state index in [0.717, 1.165) is 23.0 Å². The topological polar surface area (TPSA) is 86.5 Å². The second kappa shape index (κ2) is 12.3. The Labute approximate surface area is 240 Å². The van der Waals surface area contributed by atoms with E-state index in [1.54, 1.807) is 15.7 Å². The number of halogens is 2. The van der Waals surface area contributed by atoms with Gasteiger partial charge in [0.05, 0.1) is 24.3 Å². The zero-order valence-electron chi connectivity index (χ0n) is 23.0. The van der Waals surface area contributed by atoms with Crippen LogP contribution in [0.3, 0.4) is 0 Å².